The normalized spacial score (nSPS) is 14.7. The number of benzene rings is 1. The van der Waals surface area contributed by atoms with E-state index in [4.69, 9.17) is 10.5 Å². The van der Waals surface area contributed by atoms with Crippen molar-refractivity contribution >= 4 is 11.8 Å². The molecule has 2 atom stereocenters. The van der Waals surface area contributed by atoms with Crippen LogP contribution in [0.25, 0.3) is 0 Å². The molecule has 0 saturated heterocycles. The Bertz CT molecular complexity index is 341. The third-order valence-electron chi connectivity index (χ3n) is 3.00. The van der Waals surface area contributed by atoms with Crippen molar-refractivity contribution in [3.8, 4) is 5.75 Å². The molecule has 0 aliphatic heterocycles. The Balaban J connectivity index is 2.54. The quantitative estimate of drug-likeness (QED) is 0.843. The molecule has 0 fully saturated rings. The third kappa shape index (κ3) is 4.60. The van der Waals surface area contributed by atoms with Gasteiger partial charge in [0.25, 0.3) is 0 Å². The van der Waals surface area contributed by atoms with Gasteiger partial charge < -0.3 is 10.5 Å². The molecule has 0 aliphatic carbocycles. The summed E-state index contributed by atoms with van der Waals surface area (Å²) < 4.78 is 5.21. The number of thioether (sulfide) groups is 1. The first-order valence-electron chi connectivity index (χ1n) is 6.05. The molecule has 0 radical (unpaired) electrons. The summed E-state index contributed by atoms with van der Waals surface area (Å²) in [5, 5.41) is 0.645. The molecule has 0 saturated carbocycles. The summed E-state index contributed by atoms with van der Waals surface area (Å²) in [5.41, 5.74) is 7.34. The van der Waals surface area contributed by atoms with E-state index < -0.39 is 0 Å². The molecule has 0 spiro atoms. The van der Waals surface area contributed by atoms with Crippen molar-refractivity contribution in [3.63, 3.8) is 0 Å². The second kappa shape index (κ2) is 6.92. The Labute approximate surface area is 109 Å². The maximum absolute atomic E-state index is 6.19. The second-order valence-electron chi connectivity index (χ2n) is 4.67. The molecule has 0 bridgehead atoms. The van der Waals surface area contributed by atoms with E-state index in [0.29, 0.717) is 11.2 Å². The van der Waals surface area contributed by atoms with E-state index in [-0.39, 0.29) is 6.04 Å². The van der Waals surface area contributed by atoms with Crippen LogP contribution in [0.5, 0.6) is 5.75 Å². The van der Waals surface area contributed by atoms with E-state index >= 15 is 0 Å². The minimum Gasteiger partial charge on any atom is -0.497 e. The highest BCUT2D eigenvalue weighted by Gasteiger charge is 2.12. The van der Waals surface area contributed by atoms with Crippen molar-refractivity contribution in [2.24, 2.45) is 11.7 Å². The largest absolute Gasteiger partial charge is 0.497 e. The van der Waals surface area contributed by atoms with Crippen LogP contribution >= 0.6 is 11.8 Å². The zero-order chi connectivity index (χ0) is 12.8. The average molecular weight is 253 g/mol. The van der Waals surface area contributed by atoms with Gasteiger partial charge in [0.2, 0.25) is 0 Å². The van der Waals surface area contributed by atoms with Crippen LogP contribution in [-0.2, 0) is 0 Å². The Kier molecular flexibility index (Phi) is 5.86. The Morgan fingerprint density at radius 1 is 1.29 bits per heavy atom. The predicted molar refractivity (Wildman–Crippen MR) is 76.7 cm³/mol. The van der Waals surface area contributed by atoms with Gasteiger partial charge in [0, 0.05) is 17.0 Å². The SMILES string of the molecule is COc1cccc(C(N)CSC(C)C(C)C)c1. The lowest BCUT2D eigenvalue weighted by molar-refractivity contribution is 0.414. The van der Waals surface area contributed by atoms with Crippen LogP contribution in [0.1, 0.15) is 32.4 Å². The van der Waals surface area contributed by atoms with Gasteiger partial charge >= 0.3 is 0 Å². The molecule has 0 heterocycles. The van der Waals surface area contributed by atoms with Crippen molar-refractivity contribution in [1.82, 2.24) is 0 Å². The lowest BCUT2D eigenvalue weighted by atomic mass is 10.1. The number of nitrogens with two attached hydrogens (primary N) is 1. The van der Waals surface area contributed by atoms with Gasteiger partial charge in [0.1, 0.15) is 5.75 Å². The van der Waals surface area contributed by atoms with Crippen LogP contribution < -0.4 is 10.5 Å². The standard InChI is InChI=1S/C14H23NOS/c1-10(2)11(3)17-9-14(15)12-6-5-7-13(8-12)16-4/h5-8,10-11,14H,9,15H2,1-4H3. The van der Waals surface area contributed by atoms with Crippen LogP contribution in [0.3, 0.4) is 0 Å². The molecule has 0 amide bonds. The van der Waals surface area contributed by atoms with Gasteiger partial charge in [-0.05, 0) is 23.6 Å². The maximum atomic E-state index is 6.19. The number of hydrogen-bond donors (Lipinski definition) is 1. The maximum Gasteiger partial charge on any atom is 0.119 e. The van der Waals surface area contributed by atoms with Gasteiger partial charge in [0.05, 0.1) is 7.11 Å². The van der Waals surface area contributed by atoms with E-state index in [1.54, 1.807) is 7.11 Å². The van der Waals surface area contributed by atoms with Crippen molar-refractivity contribution in [2.75, 3.05) is 12.9 Å². The average Bonchev–Trinajstić information content (AvgIpc) is 2.35. The minimum atomic E-state index is 0.0799. The highest BCUT2D eigenvalue weighted by atomic mass is 32.2. The van der Waals surface area contributed by atoms with Crippen molar-refractivity contribution in [3.05, 3.63) is 29.8 Å². The number of rotatable bonds is 6. The highest BCUT2D eigenvalue weighted by molar-refractivity contribution is 7.99. The van der Waals surface area contributed by atoms with Crippen LogP contribution in [0.2, 0.25) is 0 Å². The molecule has 1 aromatic carbocycles. The molecule has 96 valence electrons. The molecule has 2 nitrogen and oxygen atoms in total. The lowest BCUT2D eigenvalue weighted by Gasteiger charge is -2.18. The fourth-order valence-electron chi connectivity index (χ4n) is 1.42. The van der Waals surface area contributed by atoms with E-state index in [0.717, 1.165) is 17.1 Å². The molecule has 0 aromatic heterocycles. The predicted octanol–water partition coefficient (Wildman–Crippen LogP) is 3.47. The highest BCUT2D eigenvalue weighted by Crippen LogP contribution is 2.25. The zero-order valence-corrected chi connectivity index (χ0v) is 12.0. The van der Waals surface area contributed by atoms with Gasteiger partial charge in [0.15, 0.2) is 0 Å². The van der Waals surface area contributed by atoms with Crippen LogP contribution in [0, 0.1) is 5.92 Å². The van der Waals surface area contributed by atoms with Gasteiger partial charge in [-0.2, -0.15) is 11.8 Å². The molecule has 3 heteroatoms. The fourth-order valence-corrected chi connectivity index (χ4v) is 2.50. The van der Waals surface area contributed by atoms with E-state index in [2.05, 4.69) is 26.8 Å². The monoisotopic (exact) mass is 253 g/mol. The first-order chi connectivity index (χ1) is 8.04. The van der Waals surface area contributed by atoms with Crippen LogP contribution in [-0.4, -0.2) is 18.1 Å². The summed E-state index contributed by atoms with van der Waals surface area (Å²) in [5.74, 6) is 2.52. The molecule has 0 aliphatic rings. The van der Waals surface area contributed by atoms with Crippen molar-refractivity contribution in [1.29, 1.82) is 0 Å². The number of ether oxygens (including phenoxy) is 1. The first-order valence-corrected chi connectivity index (χ1v) is 7.10. The smallest absolute Gasteiger partial charge is 0.119 e. The summed E-state index contributed by atoms with van der Waals surface area (Å²) in [6, 6.07) is 8.10. The fraction of sp³-hybridized carbons (Fsp3) is 0.571. The summed E-state index contributed by atoms with van der Waals surface area (Å²) in [6.07, 6.45) is 0. The van der Waals surface area contributed by atoms with Gasteiger partial charge in [-0.1, -0.05) is 32.9 Å². The summed E-state index contributed by atoms with van der Waals surface area (Å²) in [7, 11) is 1.68. The molecular weight excluding hydrogens is 230 g/mol. The molecule has 2 N–H and O–H groups in total. The summed E-state index contributed by atoms with van der Waals surface area (Å²) in [6.45, 7) is 6.75. The number of methoxy groups -OCH3 is 1. The molecule has 1 rings (SSSR count). The molecular formula is C14H23NOS. The Morgan fingerprint density at radius 3 is 2.59 bits per heavy atom. The molecule has 1 aromatic rings. The van der Waals surface area contributed by atoms with Crippen LogP contribution in [0.4, 0.5) is 0 Å². The first kappa shape index (κ1) is 14.4. The summed E-state index contributed by atoms with van der Waals surface area (Å²) >= 11 is 1.94. The van der Waals surface area contributed by atoms with Gasteiger partial charge in [-0.15, -0.1) is 0 Å². The Morgan fingerprint density at radius 2 is 2.00 bits per heavy atom. The van der Waals surface area contributed by atoms with Crippen molar-refractivity contribution in [2.45, 2.75) is 32.1 Å². The van der Waals surface area contributed by atoms with Crippen molar-refractivity contribution < 1.29 is 4.74 Å². The van der Waals surface area contributed by atoms with E-state index in [9.17, 15) is 0 Å². The van der Waals surface area contributed by atoms with Crippen LogP contribution in [0.15, 0.2) is 24.3 Å². The second-order valence-corrected chi connectivity index (χ2v) is 6.08. The molecule has 2 unspecified atom stereocenters. The number of hydrogen-bond acceptors (Lipinski definition) is 3. The lowest BCUT2D eigenvalue weighted by Crippen LogP contribution is -2.16. The zero-order valence-electron chi connectivity index (χ0n) is 11.1. The Hall–Kier alpha value is -0.670. The molecule has 17 heavy (non-hydrogen) atoms. The van der Waals surface area contributed by atoms with E-state index in [1.807, 2.05) is 30.0 Å². The van der Waals surface area contributed by atoms with E-state index in [1.165, 1.54) is 0 Å². The minimum absolute atomic E-state index is 0.0799. The topological polar surface area (TPSA) is 35.2 Å². The van der Waals surface area contributed by atoms with Gasteiger partial charge in [-0.3, -0.25) is 0 Å². The summed E-state index contributed by atoms with van der Waals surface area (Å²) in [4.78, 5) is 0. The van der Waals surface area contributed by atoms with Gasteiger partial charge in [-0.25, -0.2) is 0 Å². The third-order valence-corrected chi connectivity index (χ3v) is 4.62.